The van der Waals surface area contributed by atoms with Gasteiger partial charge in [0.05, 0.1) is 31.6 Å². The van der Waals surface area contributed by atoms with Gasteiger partial charge in [-0.25, -0.2) is 0 Å². The molecular weight excluding hydrogens is 382 g/mol. The summed E-state index contributed by atoms with van der Waals surface area (Å²) in [5.74, 6) is 0.562. The number of halogens is 1. The molecule has 28 heavy (non-hydrogen) atoms. The second kappa shape index (κ2) is 8.39. The van der Waals surface area contributed by atoms with Gasteiger partial charge in [-0.3, -0.25) is 9.59 Å². The van der Waals surface area contributed by atoms with Gasteiger partial charge in [0.25, 0.3) is 5.91 Å². The van der Waals surface area contributed by atoms with Gasteiger partial charge in [0.2, 0.25) is 5.91 Å². The van der Waals surface area contributed by atoms with E-state index in [0.717, 1.165) is 11.3 Å². The minimum atomic E-state index is -0.694. The average Bonchev–Trinajstić information content (AvgIpc) is 2.69. The van der Waals surface area contributed by atoms with Gasteiger partial charge in [-0.1, -0.05) is 23.7 Å². The van der Waals surface area contributed by atoms with Crippen molar-refractivity contribution >= 4 is 34.8 Å². The number of amides is 2. The molecule has 148 valence electrons. The molecule has 0 fully saturated rings. The summed E-state index contributed by atoms with van der Waals surface area (Å²) in [6.45, 7) is 2.17. The number of benzene rings is 2. The predicted molar refractivity (Wildman–Crippen MR) is 109 cm³/mol. The zero-order chi connectivity index (χ0) is 20.3. The van der Waals surface area contributed by atoms with Crippen molar-refractivity contribution in [3.8, 4) is 11.5 Å². The van der Waals surface area contributed by atoms with Gasteiger partial charge < -0.3 is 25.0 Å². The largest absolute Gasteiger partial charge is 0.495 e. The van der Waals surface area contributed by atoms with Crippen LogP contribution in [0.2, 0.25) is 5.02 Å². The molecule has 1 aliphatic heterocycles. The third-order valence-corrected chi connectivity index (χ3v) is 4.90. The van der Waals surface area contributed by atoms with E-state index in [9.17, 15) is 9.59 Å². The Bertz CT molecular complexity index is 903. The highest BCUT2D eigenvalue weighted by atomic mass is 35.5. The first-order valence-corrected chi connectivity index (χ1v) is 9.17. The Hall–Kier alpha value is -2.93. The van der Waals surface area contributed by atoms with Gasteiger partial charge in [-0.2, -0.15) is 0 Å². The summed E-state index contributed by atoms with van der Waals surface area (Å²) in [7, 11) is 3.07. The molecule has 2 aromatic carbocycles. The molecule has 2 aromatic rings. The van der Waals surface area contributed by atoms with Crippen LogP contribution in [0, 0.1) is 6.92 Å². The number of nitrogens with zero attached hydrogens (tertiary/aromatic N) is 1. The molecule has 0 spiro atoms. The van der Waals surface area contributed by atoms with Crippen molar-refractivity contribution in [3.63, 3.8) is 0 Å². The summed E-state index contributed by atoms with van der Waals surface area (Å²) < 4.78 is 11.1. The summed E-state index contributed by atoms with van der Waals surface area (Å²) >= 11 is 6.12. The van der Waals surface area contributed by atoms with E-state index in [1.807, 2.05) is 30.0 Å². The fourth-order valence-electron chi connectivity index (χ4n) is 3.05. The number of nitrogens with one attached hydrogen (secondary N) is 2. The van der Waals surface area contributed by atoms with E-state index in [4.69, 9.17) is 21.1 Å². The van der Waals surface area contributed by atoms with Crippen molar-refractivity contribution in [2.75, 3.05) is 37.5 Å². The van der Waals surface area contributed by atoms with Gasteiger partial charge in [0.1, 0.15) is 11.5 Å². The van der Waals surface area contributed by atoms with E-state index >= 15 is 0 Å². The van der Waals surface area contributed by atoms with Crippen molar-refractivity contribution in [2.24, 2.45) is 0 Å². The molecule has 0 aromatic heterocycles. The van der Waals surface area contributed by atoms with Crippen LogP contribution in [0.5, 0.6) is 11.5 Å². The zero-order valence-corrected chi connectivity index (χ0v) is 16.7. The fourth-order valence-corrected chi connectivity index (χ4v) is 3.20. The van der Waals surface area contributed by atoms with Crippen molar-refractivity contribution in [2.45, 2.75) is 13.0 Å². The summed E-state index contributed by atoms with van der Waals surface area (Å²) in [4.78, 5) is 26.6. The lowest BCUT2D eigenvalue weighted by Crippen LogP contribution is -2.50. The van der Waals surface area contributed by atoms with Crippen molar-refractivity contribution in [1.29, 1.82) is 0 Å². The van der Waals surface area contributed by atoms with Crippen LogP contribution in [0.15, 0.2) is 36.4 Å². The maximum Gasteiger partial charge on any atom is 0.262 e. The Balaban J connectivity index is 1.80. The van der Waals surface area contributed by atoms with Crippen molar-refractivity contribution in [1.82, 2.24) is 5.32 Å². The molecule has 0 bridgehead atoms. The number of likely N-dealkylation sites (N-methyl/N-ethyl adjacent to an activating group) is 1. The first-order chi connectivity index (χ1) is 13.4. The summed E-state index contributed by atoms with van der Waals surface area (Å²) in [6, 6.07) is 10.7. The number of ether oxygens (including phenoxy) is 2. The molecule has 7 nitrogen and oxygen atoms in total. The SMILES string of the molecule is CNC(=O)[C@@H]1CN(CC(=O)Nc2cc(C)c(Cl)cc2OC)c2ccccc2O1. The summed E-state index contributed by atoms with van der Waals surface area (Å²) in [5, 5.41) is 6.01. The predicted octanol–water partition coefficient (Wildman–Crippen LogP) is 2.61. The lowest BCUT2D eigenvalue weighted by atomic mass is 10.1. The number of hydrogen-bond acceptors (Lipinski definition) is 5. The third kappa shape index (κ3) is 4.14. The lowest BCUT2D eigenvalue weighted by Gasteiger charge is -2.35. The smallest absolute Gasteiger partial charge is 0.262 e. The van der Waals surface area contributed by atoms with Crippen LogP contribution in [0.1, 0.15) is 5.56 Å². The topological polar surface area (TPSA) is 79.9 Å². The Morgan fingerprint density at radius 1 is 1.32 bits per heavy atom. The van der Waals surface area contributed by atoms with Gasteiger partial charge in [-0.05, 0) is 30.7 Å². The first-order valence-electron chi connectivity index (χ1n) is 8.79. The number of carbonyl (C=O) groups is 2. The molecule has 0 radical (unpaired) electrons. The summed E-state index contributed by atoms with van der Waals surface area (Å²) in [5.41, 5.74) is 2.13. The van der Waals surface area contributed by atoms with E-state index in [2.05, 4.69) is 10.6 Å². The van der Waals surface area contributed by atoms with Crippen LogP contribution in [-0.4, -0.2) is 45.2 Å². The minimum Gasteiger partial charge on any atom is -0.495 e. The summed E-state index contributed by atoms with van der Waals surface area (Å²) in [6.07, 6.45) is -0.694. The number of methoxy groups -OCH3 is 1. The van der Waals surface area contributed by atoms with E-state index in [-0.39, 0.29) is 24.9 Å². The van der Waals surface area contributed by atoms with Gasteiger partial charge >= 0.3 is 0 Å². The number of rotatable bonds is 5. The average molecular weight is 404 g/mol. The third-order valence-electron chi connectivity index (χ3n) is 4.49. The highest BCUT2D eigenvalue weighted by Gasteiger charge is 2.31. The Kier molecular flexibility index (Phi) is 5.94. The van der Waals surface area contributed by atoms with Crippen LogP contribution in [-0.2, 0) is 9.59 Å². The van der Waals surface area contributed by atoms with E-state index in [1.165, 1.54) is 7.11 Å². The number of aryl methyl sites for hydroxylation is 1. The number of hydrogen-bond donors (Lipinski definition) is 2. The fraction of sp³-hybridized carbons (Fsp3) is 0.300. The molecule has 0 aliphatic carbocycles. The molecule has 0 unspecified atom stereocenters. The molecule has 1 aliphatic rings. The Labute approximate surface area is 168 Å². The number of anilines is 2. The zero-order valence-electron chi connectivity index (χ0n) is 15.9. The standard InChI is InChI=1S/C20H22ClN3O4/c1-12-8-14(17(27-3)9-13(12)21)23-19(25)11-24-10-18(20(26)22-2)28-16-7-5-4-6-15(16)24/h4-9,18H,10-11H2,1-3H3,(H,22,26)(H,23,25)/t18-/m0/s1. The normalized spacial score (nSPS) is 15.3. The lowest BCUT2D eigenvalue weighted by molar-refractivity contribution is -0.127. The molecular formula is C20H22ClN3O4. The van der Waals surface area contributed by atoms with Crippen LogP contribution in [0.25, 0.3) is 0 Å². The highest BCUT2D eigenvalue weighted by Crippen LogP contribution is 2.34. The van der Waals surface area contributed by atoms with Gasteiger partial charge in [-0.15, -0.1) is 0 Å². The molecule has 1 atom stereocenters. The molecule has 0 saturated carbocycles. The van der Waals surface area contributed by atoms with E-state index in [1.54, 1.807) is 25.2 Å². The van der Waals surface area contributed by atoms with E-state index in [0.29, 0.717) is 22.2 Å². The van der Waals surface area contributed by atoms with Crippen LogP contribution >= 0.6 is 11.6 Å². The monoisotopic (exact) mass is 403 g/mol. The van der Waals surface area contributed by atoms with E-state index < -0.39 is 6.10 Å². The molecule has 2 amide bonds. The molecule has 2 N–H and O–H groups in total. The van der Waals surface area contributed by atoms with Gasteiger partial charge in [0.15, 0.2) is 6.10 Å². The Morgan fingerprint density at radius 2 is 2.07 bits per heavy atom. The first kappa shape index (κ1) is 19.8. The van der Waals surface area contributed by atoms with Crippen molar-refractivity contribution < 1.29 is 19.1 Å². The van der Waals surface area contributed by atoms with Crippen LogP contribution in [0.3, 0.4) is 0 Å². The second-order valence-corrected chi connectivity index (χ2v) is 6.83. The molecule has 8 heteroatoms. The maximum absolute atomic E-state index is 12.7. The van der Waals surface area contributed by atoms with Gasteiger partial charge in [0, 0.05) is 18.1 Å². The second-order valence-electron chi connectivity index (χ2n) is 6.42. The minimum absolute atomic E-state index is 0.0543. The molecule has 0 saturated heterocycles. The highest BCUT2D eigenvalue weighted by molar-refractivity contribution is 6.31. The van der Waals surface area contributed by atoms with Crippen LogP contribution < -0.4 is 25.0 Å². The number of carbonyl (C=O) groups excluding carboxylic acids is 2. The molecule has 3 rings (SSSR count). The quantitative estimate of drug-likeness (QED) is 0.802. The van der Waals surface area contributed by atoms with Crippen LogP contribution in [0.4, 0.5) is 11.4 Å². The molecule has 1 heterocycles. The van der Waals surface area contributed by atoms with Crippen molar-refractivity contribution in [3.05, 3.63) is 47.0 Å². The number of fused-ring (bicyclic) bond motifs is 1. The number of para-hydroxylation sites is 2. The maximum atomic E-state index is 12.7. The Morgan fingerprint density at radius 3 is 2.79 bits per heavy atom.